The summed E-state index contributed by atoms with van der Waals surface area (Å²) in [5, 5.41) is 3.50. The molecular weight excluding hydrogens is 298 g/mol. The van der Waals surface area contributed by atoms with Crippen LogP contribution in [0.4, 0.5) is 0 Å². The van der Waals surface area contributed by atoms with Crippen molar-refractivity contribution in [2.45, 2.75) is 13.0 Å². The first-order valence-corrected chi connectivity index (χ1v) is 7.30. The fraction of sp³-hybridized carbons (Fsp3) is 0.118. The summed E-state index contributed by atoms with van der Waals surface area (Å²) in [6, 6.07) is 13.1. The van der Waals surface area contributed by atoms with Crippen molar-refractivity contribution < 1.29 is 4.79 Å². The molecule has 0 radical (unpaired) electrons. The molecule has 4 nitrogen and oxygen atoms in total. The van der Waals surface area contributed by atoms with E-state index in [9.17, 15) is 4.79 Å². The number of amides is 1. The number of fused-ring (bicyclic) bond motifs is 1. The van der Waals surface area contributed by atoms with Crippen molar-refractivity contribution in [3.05, 3.63) is 71.0 Å². The second-order valence-electron chi connectivity index (χ2n) is 4.92. The number of carbonyl (C=O) groups is 1. The second kappa shape index (κ2) is 6.54. The van der Waals surface area contributed by atoms with Gasteiger partial charge in [-0.2, -0.15) is 0 Å². The molecule has 3 rings (SSSR count). The zero-order valence-electron chi connectivity index (χ0n) is 11.8. The molecule has 1 heterocycles. The molecule has 0 aliphatic heterocycles. The number of hydrogen-bond donors (Lipinski definition) is 1. The number of aromatic nitrogens is 2. The molecule has 2 aromatic carbocycles. The highest BCUT2D eigenvalue weighted by atomic mass is 35.5. The Hall–Kier alpha value is -2.46. The molecule has 3 aromatic rings. The van der Waals surface area contributed by atoms with Crippen molar-refractivity contribution in [1.82, 2.24) is 15.3 Å². The molecule has 0 bridgehead atoms. The number of benzene rings is 2. The fourth-order valence-electron chi connectivity index (χ4n) is 2.20. The van der Waals surface area contributed by atoms with Gasteiger partial charge in [0.15, 0.2) is 0 Å². The minimum atomic E-state index is -0.0626. The number of nitrogens with zero attached hydrogens (tertiary/aromatic N) is 2. The predicted molar refractivity (Wildman–Crippen MR) is 86.5 cm³/mol. The van der Waals surface area contributed by atoms with Crippen LogP contribution in [0.1, 0.15) is 11.1 Å². The van der Waals surface area contributed by atoms with Crippen LogP contribution in [0.3, 0.4) is 0 Å². The van der Waals surface area contributed by atoms with E-state index in [0.29, 0.717) is 11.6 Å². The fourth-order valence-corrected chi connectivity index (χ4v) is 2.40. The Labute approximate surface area is 133 Å². The van der Waals surface area contributed by atoms with E-state index in [0.717, 1.165) is 22.2 Å². The van der Waals surface area contributed by atoms with Gasteiger partial charge in [0, 0.05) is 24.0 Å². The van der Waals surface area contributed by atoms with Crippen molar-refractivity contribution in [1.29, 1.82) is 0 Å². The summed E-state index contributed by atoms with van der Waals surface area (Å²) >= 11 is 6.06. The lowest BCUT2D eigenvalue weighted by Crippen LogP contribution is -2.24. The van der Waals surface area contributed by atoms with E-state index in [1.165, 1.54) is 0 Å². The van der Waals surface area contributed by atoms with Gasteiger partial charge in [-0.25, -0.2) is 0 Å². The number of hydrogen-bond acceptors (Lipinski definition) is 3. The Bertz CT molecular complexity index is 820. The third kappa shape index (κ3) is 3.40. The average molecular weight is 312 g/mol. The molecule has 0 spiro atoms. The number of carbonyl (C=O) groups excluding carboxylic acids is 1. The largest absolute Gasteiger partial charge is 0.352 e. The molecule has 0 fully saturated rings. The predicted octanol–water partition coefficient (Wildman–Crippen LogP) is 3.14. The van der Waals surface area contributed by atoms with E-state index in [1.807, 2.05) is 36.4 Å². The molecule has 1 N–H and O–H groups in total. The highest BCUT2D eigenvalue weighted by molar-refractivity contribution is 6.31. The quantitative estimate of drug-likeness (QED) is 0.805. The molecule has 0 saturated heterocycles. The van der Waals surface area contributed by atoms with Gasteiger partial charge in [0.2, 0.25) is 5.91 Å². The molecule has 110 valence electrons. The Balaban J connectivity index is 1.63. The van der Waals surface area contributed by atoms with Crippen molar-refractivity contribution in [2.24, 2.45) is 0 Å². The summed E-state index contributed by atoms with van der Waals surface area (Å²) in [4.78, 5) is 20.5. The summed E-state index contributed by atoms with van der Waals surface area (Å²) in [6.45, 7) is 0.454. The lowest BCUT2D eigenvalue weighted by Gasteiger charge is -2.07. The first-order chi connectivity index (χ1) is 10.7. The van der Waals surface area contributed by atoms with Crippen LogP contribution in [-0.4, -0.2) is 15.9 Å². The monoisotopic (exact) mass is 311 g/mol. The van der Waals surface area contributed by atoms with Gasteiger partial charge >= 0.3 is 0 Å². The van der Waals surface area contributed by atoms with Crippen molar-refractivity contribution >= 4 is 28.5 Å². The van der Waals surface area contributed by atoms with Gasteiger partial charge in [-0.1, -0.05) is 35.9 Å². The minimum Gasteiger partial charge on any atom is -0.352 e. The van der Waals surface area contributed by atoms with Gasteiger partial charge in [0.1, 0.15) is 0 Å². The molecule has 5 heteroatoms. The Kier molecular flexibility index (Phi) is 4.30. The summed E-state index contributed by atoms with van der Waals surface area (Å²) in [6.07, 6.45) is 3.59. The van der Waals surface area contributed by atoms with Crippen LogP contribution in [0.2, 0.25) is 5.02 Å². The highest BCUT2D eigenvalue weighted by Gasteiger charge is 2.06. The third-order valence-electron chi connectivity index (χ3n) is 3.33. The van der Waals surface area contributed by atoms with E-state index in [2.05, 4.69) is 15.3 Å². The number of rotatable bonds is 4. The van der Waals surface area contributed by atoms with Gasteiger partial charge in [-0.15, -0.1) is 0 Å². The Morgan fingerprint density at radius 1 is 1.05 bits per heavy atom. The van der Waals surface area contributed by atoms with Gasteiger partial charge in [-0.3, -0.25) is 14.8 Å². The van der Waals surface area contributed by atoms with Crippen LogP contribution < -0.4 is 5.32 Å². The normalized spacial score (nSPS) is 10.6. The zero-order chi connectivity index (χ0) is 15.4. The number of nitrogens with one attached hydrogen (secondary N) is 1. The topological polar surface area (TPSA) is 54.9 Å². The maximum absolute atomic E-state index is 12.0. The summed E-state index contributed by atoms with van der Waals surface area (Å²) in [5.41, 5.74) is 3.47. The van der Waals surface area contributed by atoms with Crippen LogP contribution in [0.5, 0.6) is 0 Å². The SMILES string of the molecule is O=C(Cc1ccccc1Cl)NCc1ccc2nccnc2c1. The van der Waals surface area contributed by atoms with Crippen LogP contribution >= 0.6 is 11.6 Å². The molecule has 0 aliphatic carbocycles. The maximum atomic E-state index is 12.0. The first-order valence-electron chi connectivity index (χ1n) is 6.92. The van der Waals surface area contributed by atoms with Crippen LogP contribution in [0, 0.1) is 0 Å². The van der Waals surface area contributed by atoms with E-state index < -0.39 is 0 Å². The van der Waals surface area contributed by atoms with E-state index >= 15 is 0 Å². The van der Waals surface area contributed by atoms with E-state index in [1.54, 1.807) is 18.5 Å². The molecular formula is C17H14ClN3O. The Morgan fingerprint density at radius 3 is 2.64 bits per heavy atom. The Morgan fingerprint density at radius 2 is 1.82 bits per heavy atom. The average Bonchev–Trinajstić information content (AvgIpc) is 2.55. The lowest BCUT2D eigenvalue weighted by atomic mass is 10.1. The molecule has 22 heavy (non-hydrogen) atoms. The number of halogens is 1. The summed E-state index contributed by atoms with van der Waals surface area (Å²) in [7, 11) is 0. The van der Waals surface area contributed by atoms with Gasteiger partial charge in [-0.05, 0) is 29.3 Å². The summed E-state index contributed by atoms with van der Waals surface area (Å²) < 4.78 is 0. The van der Waals surface area contributed by atoms with E-state index in [-0.39, 0.29) is 12.3 Å². The molecule has 0 aliphatic rings. The van der Waals surface area contributed by atoms with Gasteiger partial charge in [0.25, 0.3) is 0 Å². The smallest absolute Gasteiger partial charge is 0.224 e. The van der Waals surface area contributed by atoms with Crippen LogP contribution in [0.15, 0.2) is 54.9 Å². The van der Waals surface area contributed by atoms with Crippen LogP contribution in [-0.2, 0) is 17.8 Å². The standard InChI is InChI=1S/C17H14ClN3O/c18-14-4-2-1-3-13(14)10-17(22)21-11-12-5-6-15-16(9-12)20-8-7-19-15/h1-9H,10-11H2,(H,21,22). The van der Waals surface area contributed by atoms with Gasteiger partial charge in [0.05, 0.1) is 17.5 Å². The minimum absolute atomic E-state index is 0.0626. The lowest BCUT2D eigenvalue weighted by molar-refractivity contribution is -0.120. The van der Waals surface area contributed by atoms with Crippen molar-refractivity contribution in [2.75, 3.05) is 0 Å². The van der Waals surface area contributed by atoms with Crippen molar-refractivity contribution in [3.63, 3.8) is 0 Å². The van der Waals surface area contributed by atoms with Gasteiger partial charge < -0.3 is 5.32 Å². The molecule has 1 aromatic heterocycles. The highest BCUT2D eigenvalue weighted by Crippen LogP contribution is 2.15. The van der Waals surface area contributed by atoms with Crippen molar-refractivity contribution in [3.8, 4) is 0 Å². The van der Waals surface area contributed by atoms with E-state index in [4.69, 9.17) is 11.6 Å². The third-order valence-corrected chi connectivity index (χ3v) is 3.70. The molecule has 0 atom stereocenters. The first kappa shape index (κ1) is 14.5. The summed E-state index contributed by atoms with van der Waals surface area (Å²) in [5.74, 6) is -0.0626. The zero-order valence-corrected chi connectivity index (χ0v) is 12.5. The van der Waals surface area contributed by atoms with Crippen LogP contribution in [0.25, 0.3) is 11.0 Å². The molecule has 1 amide bonds. The second-order valence-corrected chi connectivity index (χ2v) is 5.33. The maximum Gasteiger partial charge on any atom is 0.224 e. The molecule has 0 saturated carbocycles. The molecule has 0 unspecified atom stereocenters.